The number of aryl methyl sites for hydroxylation is 1. The molecule has 2 saturated heterocycles. The Morgan fingerprint density at radius 1 is 1.24 bits per heavy atom. The summed E-state index contributed by atoms with van der Waals surface area (Å²) in [5.74, 6) is 0.850. The van der Waals surface area contributed by atoms with Crippen LogP contribution in [0.5, 0.6) is 5.75 Å². The van der Waals surface area contributed by atoms with Gasteiger partial charge >= 0.3 is 0 Å². The lowest BCUT2D eigenvalue weighted by atomic mass is 9.76. The Bertz CT molecular complexity index is 579. The summed E-state index contributed by atoms with van der Waals surface area (Å²) in [6.45, 7) is 5.75. The van der Waals surface area contributed by atoms with Crippen molar-refractivity contribution in [2.75, 3.05) is 47.0 Å². The van der Waals surface area contributed by atoms with Gasteiger partial charge in [-0.1, -0.05) is 17.7 Å². The molecule has 1 aromatic rings. The minimum atomic E-state index is 0.0928. The Labute approximate surface area is 150 Å². The van der Waals surface area contributed by atoms with E-state index in [4.69, 9.17) is 9.47 Å². The number of likely N-dealkylation sites (N-methyl/N-ethyl adjacent to an activating group) is 1. The van der Waals surface area contributed by atoms with Gasteiger partial charge in [0.2, 0.25) is 0 Å². The van der Waals surface area contributed by atoms with Gasteiger partial charge < -0.3 is 19.3 Å². The zero-order valence-corrected chi connectivity index (χ0v) is 15.7. The van der Waals surface area contributed by atoms with Crippen molar-refractivity contribution in [3.63, 3.8) is 0 Å². The van der Waals surface area contributed by atoms with Crippen molar-refractivity contribution in [1.29, 1.82) is 0 Å². The highest BCUT2D eigenvalue weighted by Crippen LogP contribution is 2.42. The molecule has 0 saturated carbocycles. The molecule has 0 aromatic heterocycles. The molecular weight excluding hydrogens is 316 g/mol. The first-order chi connectivity index (χ1) is 12.0. The number of nitrogens with zero attached hydrogens (tertiary/aromatic N) is 2. The Balaban J connectivity index is 1.47. The third-order valence-corrected chi connectivity index (χ3v) is 5.80. The highest BCUT2D eigenvalue weighted by molar-refractivity contribution is 5.77. The van der Waals surface area contributed by atoms with Gasteiger partial charge in [-0.25, -0.2) is 0 Å². The zero-order valence-electron chi connectivity index (χ0n) is 15.7. The first kappa shape index (κ1) is 18.2. The molecule has 0 bridgehead atoms. The minimum absolute atomic E-state index is 0.0928. The van der Waals surface area contributed by atoms with Crippen LogP contribution in [-0.4, -0.2) is 68.8 Å². The third-order valence-electron chi connectivity index (χ3n) is 5.80. The average Bonchev–Trinajstić information content (AvgIpc) is 2.90. The molecule has 138 valence electrons. The second kappa shape index (κ2) is 7.75. The van der Waals surface area contributed by atoms with Gasteiger partial charge in [-0.15, -0.1) is 0 Å². The molecule has 3 rings (SSSR count). The van der Waals surface area contributed by atoms with Crippen LogP contribution in [0.2, 0.25) is 0 Å². The number of carbonyl (C=O) groups is 1. The van der Waals surface area contributed by atoms with Gasteiger partial charge in [0.05, 0.1) is 6.61 Å². The fourth-order valence-electron chi connectivity index (χ4n) is 4.22. The molecule has 1 amide bonds. The van der Waals surface area contributed by atoms with E-state index in [1.807, 2.05) is 36.1 Å². The van der Waals surface area contributed by atoms with Crippen LogP contribution in [0.4, 0.5) is 0 Å². The van der Waals surface area contributed by atoms with Crippen molar-refractivity contribution >= 4 is 5.91 Å². The summed E-state index contributed by atoms with van der Waals surface area (Å²) >= 11 is 0. The Morgan fingerprint density at radius 3 is 2.56 bits per heavy atom. The summed E-state index contributed by atoms with van der Waals surface area (Å²) < 4.78 is 11.0. The maximum absolute atomic E-state index is 12.4. The van der Waals surface area contributed by atoms with Crippen molar-refractivity contribution in [3.8, 4) is 5.75 Å². The molecule has 1 atom stereocenters. The molecule has 5 nitrogen and oxygen atoms in total. The van der Waals surface area contributed by atoms with E-state index in [1.54, 1.807) is 7.11 Å². The molecule has 0 radical (unpaired) electrons. The zero-order chi connectivity index (χ0) is 17.9. The fourth-order valence-corrected chi connectivity index (χ4v) is 4.22. The van der Waals surface area contributed by atoms with Gasteiger partial charge in [0.25, 0.3) is 5.91 Å². The van der Waals surface area contributed by atoms with Crippen molar-refractivity contribution in [1.82, 2.24) is 9.80 Å². The smallest absolute Gasteiger partial charge is 0.260 e. The summed E-state index contributed by atoms with van der Waals surface area (Å²) in [5.41, 5.74) is 1.54. The molecule has 2 aliphatic heterocycles. The average molecular weight is 346 g/mol. The van der Waals surface area contributed by atoms with Crippen molar-refractivity contribution in [2.24, 2.45) is 5.41 Å². The lowest BCUT2D eigenvalue weighted by Gasteiger charge is -2.39. The predicted octanol–water partition coefficient (Wildman–Crippen LogP) is 2.33. The fraction of sp³-hybridized carbons (Fsp3) is 0.650. The molecular formula is C20H30N2O3. The van der Waals surface area contributed by atoms with Gasteiger partial charge in [0, 0.05) is 32.8 Å². The number of likely N-dealkylation sites (tertiary alicyclic amines) is 2. The van der Waals surface area contributed by atoms with Crippen LogP contribution in [0.1, 0.15) is 24.8 Å². The highest BCUT2D eigenvalue weighted by Gasteiger charge is 2.44. The van der Waals surface area contributed by atoms with E-state index >= 15 is 0 Å². The molecule has 25 heavy (non-hydrogen) atoms. The van der Waals surface area contributed by atoms with Crippen LogP contribution < -0.4 is 4.74 Å². The molecule has 0 unspecified atom stereocenters. The van der Waals surface area contributed by atoms with Crippen molar-refractivity contribution in [2.45, 2.75) is 32.2 Å². The Kier molecular flexibility index (Phi) is 5.64. The number of hydrogen-bond donors (Lipinski definition) is 0. The van der Waals surface area contributed by atoms with Crippen LogP contribution in [0.15, 0.2) is 24.3 Å². The maximum Gasteiger partial charge on any atom is 0.260 e. The van der Waals surface area contributed by atoms with Crippen LogP contribution in [-0.2, 0) is 9.53 Å². The standard InChI is InChI=1S/C20H30N2O3/c1-16-4-6-18(7-5-16)25-14-19(23)22-10-8-20(9-11-22)12-17(13-24-3)21(2)15-20/h4-7,17H,8-15H2,1-3H3/t17-/m1/s1. The quantitative estimate of drug-likeness (QED) is 0.821. The van der Waals surface area contributed by atoms with Gasteiger partial charge in [0.1, 0.15) is 5.75 Å². The van der Waals surface area contributed by atoms with E-state index in [1.165, 1.54) is 12.0 Å². The summed E-state index contributed by atoms with van der Waals surface area (Å²) in [5, 5.41) is 0. The van der Waals surface area contributed by atoms with E-state index < -0.39 is 0 Å². The number of rotatable bonds is 5. The lowest BCUT2D eigenvalue weighted by Crippen LogP contribution is -2.45. The largest absolute Gasteiger partial charge is 0.484 e. The van der Waals surface area contributed by atoms with Crippen LogP contribution in [0.25, 0.3) is 0 Å². The highest BCUT2D eigenvalue weighted by atomic mass is 16.5. The monoisotopic (exact) mass is 346 g/mol. The van der Waals surface area contributed by atoms with Crippen LogP contribution >= 0.6 is 0 Å². The van der Waals surface area contributed by atoms with E-state index in [-0.39, 0.29) is 12.5 Å². The minimum Gasteiger partial charge on any atom is -0.484 e. The molecule has 0 N–H and O–H groups in total. The van der Waals surface area contributed by atoms with Crippen molar-refractivity contribution in [3.05, 3.63) is 29.8 Å². The van der Waals surface area contributed by atoms with E-state index in [0.717, 1.165) is 44.8 Å². The normalized spacial score (nSPS) is 23.2. The molecule has 5 heteroatoms. The molecule has 1 aromatic carbocycles. The molecule has 0 aliphatic carbocycles. The number of carbonyl (C=O) groups excluding carboxylic acids is 1. The third kappa shape index (κ3) is 4.33. The van der Waals surface area contributed by atoms with E-state index in [0.29, 0.717) is 11.5 Å². The first-order valence-corrected chi connectivity index (χ1v) is 9.18. The number of methoxy groups -OCH3 is 1. The number of ether oxygens (including phenoxy) is 2. The SMILES string of the molecule is COC[C@H]1CC2(CCN(C(=O)COc3ccc(C)cc3)CC2)CN1C. The number of benzene rings is 1. The maximum atomic E-state index is 12.4. The topological polar surface area (TPSA) is 42.0 Å². The number of hydrogen-bond acceptors (Lipinski definition) is 4. The van der Waals surface area contributed by atoms with Gasteiger partial charge in [-0.2, -0.15) is 0 Å². The molecule has 2 aliphatic rings. The Morgan fingerprint density at radius 2 is 1.92 bits per heavy atom. The second-order valence-electron chi connectivity index (χ2n) is 7.71. The summed E-state index contributed by atoms with van der Waals surface area (Å²) in [4.78, 5) is 16.8. The van der Waals surface area contributed by atoms with Gasteiger partial charge in [-0.05, 0) is 50.8 Å². The van der Waals surface area contributed by atoms with Gasteiger partial charge in [-0.3, -0.25) is 4.79 Å². The van der Waals surface area contributed by atoms with E-state index in [9.17, 15) is 4.79 Å². The predicted molar refractivity (Wildman–Crippen MR) is 97.8 cm³/mol. The van der Waals surface area contributed by atoms with Crippen molar-refractivity contribution < 1.29 is 14.3 Å². The molecule has 1 spiro atoms. The molecule has 2 fully saturated rings. The van der Waals surface area contributed by atoms with E-state index in [2.05, 4.69) is 11.9 Å². The number of piperidine rings is 1. The summed E-state index contributed by atoms with van der Waals surface area (Å²) in [6, 6.07) is 8.34. The lowest BCUT2D eigenvalue weighted by molar-refractivity contribution is -0.135. The number of amides is 1. The summed E-state index contributed by atoms with van der Waals surface area (Å²) in [7, 11) is 3.96. The van der Waals surface area contributed by atoms with Crippen LogP contribution in [0, 0.1) is 12.3 Å². The first-order valence-electron chi connectivity index (χ1n) is 9.18. The molecule has 2 heterocycles. The van der Waals surface area contributed by atoms with Gasteiger partial charge in [0.15, 0.2) is 6.61 Å². The second-order valence-corrected chi connectivity index (χ2v) is 7.71. The summed E-state index contributed by atoms with van der Waals surface area (Å²) in [6.07, 6.45) is 3.33. The Hall–Kier alpha value is -1.59. The van der Waals surface area contributed by atoms with Crippen LogP contribution in [0.3, 0.4) is 0 Å².